The number of aliphatic hydroxyl groups is 1. The molecule has 14 heteroatoms. The molecule has 340 valence electrons. The Hall–Kier alpha value is -5.60. The highest BCUT2D eigenvalue weighted by molar-refractivity contribution is 5.97. The Morgan fingerprint density at radius 2 is 1.75 bits per heavy atom. The highest BCUT2D eigenvalue weighted by Gasteiger charge is 2.80. The zero-order valence-corrected chi connectivity index (χ0v) is 38.1. The van der Waals surface area contributed by atoms with Gasteiger partial charge in [-0.05, 0) is 68.3 Å². The Kier molecular flexibility index (Phi) is 10.8. The number of ether oxygens (including phenoxy) is 5. The van der Waals surface area contributed by atoms with Gasteiger partial charge in [0.25, 0.3) is 0 Å². The van der Waals surface area contributed by atoms with Crippen LogP contribution < -0.4 is 9.64 Å². The lowest BCUT2D eigenvalue weighted by Crippen LogP contribution is -2.81. The van der Waals surface area contributed by atoms with Crippen LogP contribution in [0.15, 0.2) is 72.0 Å². The normalized spacial score (nSPS) is 32.3. The molecule has 14 nitrogen and oxygen atoms in total. The molecular weight excluding hydrogens is 817 g/mol. The van der Waals surface area contributed by atoms with Crippen LogP contribution in [0.25, 0.3) is 10.9 Å². The van der Waals surface area contributed by atoms with Crippen molar-refractivity contribution in [2.24, 2.45) is 11.3 Å². The number of anilines is 1. The number of aromatic nitrogens is 1. The van der Waals surface area contributed by atoms with Crippen LogP contribution in [0.1, 0.15) is 75.8 Å². The van der Waals surface area contributed by atoms with E-state index in [1.54, 1.807) is 14.0 Å². The van der Waals surface area contributed by atoms with Gasteiger partial charge in [0.1, 0.15) is 11.2 Å². The van der Waals surface area contributed by atoms with E-state index < -0.39 is 57.9 Å². The number of hydrogen-bond acceptors (Lipinski definition) is 13. The van der Waals surface area contributed by atoms with Crippen molar-refractivity contribution in [3.63, 3.8) is 0 Å². The van der Waals surface area contributed by atoms with Gasteiger partial charge in [0.2, 0.25) is 5.60 Å². The fourth-order valence-electron chi connectivity index (χ4n) is 13.4. The van der Waals surface area contributed by atoms with Crippen LogP contribution in [0.3, 0.4) is 0 Å². The summed E-state index contributed by atoms with van der Waals surface area (Å²) in [5, 5.41) is 14.3. The predicted molar refractivity (Wildman–Crippen MR) is 239 cm³/mol. The van der Waals surface area contributed by atoms with E-state index in [1.165, 1.54) is 26.7 Å². The second-order valence-corrected chi connectivity index (χ2v) is 18.5. The molecule has 2 aromatic carbocycles. The third-order valence-electron chi connectivity index (χ3n) is 15.6. The summed E-state index contributed by atoms with van der Waals surface area (Å²) in [7, 11) is 6.08. The third kappa shape index (κ3) is 5.89. The lowest BCUT2D eigenvalue weighted by atomic mass is 9.47. The Morgan fingerprint density at radius 1 is 0.984 bits per heavy atom. The number of rotatable bonds is 9. The molecule has 1 aromatic heterocycles. The number of aromatic amines is 1. The van der Waals surface area contributed by atoms with Crippen molar-refractivity contribution in [2.45, 2.75) is 94.4 Å². The van der Waals surface area contributed by atoms with E-state index in [0.717, 1.165) is 28.5 Å². The summed E-state index contributed by atoms with van der Waals surface area (Å²) in [5.74, 6) is -2.25. The van der Waals surface area contributed by atoms with Gasteiger partial charge in [0, 0.05) is 97.0 Å². The van der Waals surface area contributed by atoms with Crippen molar-refractivity contribution in [3.05, 3.63) is 94.4 Å². The molecule has 1 saturated carbocycles. The molecule has 2 fully saturated rings. The summed E-state index contributed by atoms with van der Waals surface area (Å²) in [4.78, 5) is 67.3. The number of carbonyl (C=O) groups is 4. The number of para-hydroxylation sites is 1. The van der Waals surface area contributed by atoms with E-state index in [4.69, 9.17) is 23.7 Å². The molecule has 2 N–H and O–H groups in total. The van der Waals surface area contributed by atoms with Gasteiger partial charge in [-0.25, -0.2) is 9.59 Å². The average molecular weight is 877 g/mol. The quantitative estimate of drug-likeness (QED) is 0.163. The number of esters is 4. The van der Waals surface area contributed by atoms with Crippen LogP contribution >= 0.6 is 0 Å². The molecule has 1 aliphatic carbocycles. The third-order valence-corrected chi connectivity index (χ3v) is 15.6. The molecule has 0 unspecified atom stereocenters. The van der Waals surface area contributed by atoms with Gasteiger partial charge in [0.15, 0.2) is 6.10 Å². The Bertz CT molecular complexity index is 2530. The van der Waals surface area contributed by atoms with Crippen LogP contribution in [0.4, 0.5) is 5.69 Å². The van der Waals surface area contributed by atoms with Gasteiger partial charge in [-0.2, -0.15) is 0 Å². The SMILES string of the molecule is CCOC(=O)/C1=C/N2CC(CC)=C[C@H](C2)C[C@](C(=O)OC)(c2cc3c(cc2OC)N(C)[C@H]2[C@@](O)(C(=O)OC)[C@H](OC(C)=O)[C@]4(CC)C=CCN5CC[C@]32[C@@H]54)c2[nH]c3ccccc3c2C1. The topological polar surface area (TPSA) is 160 Å². The van der Waals surface area contributed by atoms with Crippen molar-refractivity contribution in [3.8, 4) is 5.75 Å². The molecule has 0 amide bonds. The number of nitrogens with one attached hydrogen (secondary N) is 1. The fourth-order valence-corrected chi connectivity index (χ4v) is 13.4. The van der Waals surface area contributed by atoms with Crippen molar-refractivity contribution in [1.29, 1.82) is 0 Å². The molecule has 5 aliphatic heterocycles. The summed E-state index contributed by atoms with van der Waals surface area (Å²) in [6, 6.07) is 10.5. The van der Waals surface area contributed by atoms with E-state index in [9.17, 15) is 19.5 Å². The standard InChI is InChI=1S/C50H60N4O10/c1-9-30-21-31-25-49(45(57)61-7,40-34(33-15-12-13-16-37(33)51-40)22-32(41(56)63-11-3)28-53(26-30)27-31)36-23-35-38(24-39(36)60-6)52(5)43-48(35)18-20-54-19-14-17-47(10-2,42(48)54)44(64-29(4)55)50(43,59)46(58)62-8/h12-17,21,23-24,28,31,42-44,51,59H,9-11,18-20,22,25-27H2,1-8H3/b32-28+/t31-,42-,43+,44+,47+,48+,49-,50-/m0/s1. The first-order chi connectivity index (χ1) is 30.7. The molecular formula is C50H60N4O10. The summed E-state index contributed by atoms with van der Waals surface area (Å²) in [6.07, 6.45) is 9.19. The molecule has 3 aromatic rings. The van der Waals surface area contributed by atoms with Crippen LogP contribution in [-0.4, -0.2) is 129 Å². The van der Waals surface area contributed by atoms with Gasteiger partial charge in [0.05, 0.1) is 39.6 Å². The summed E-state index contributed by atoms with van der Waals surface area (Å²) >= 11 is 0. The summed E-state index contributed by atoms with van der Waals surface area (Å²) < 4.78 is 29.8. The molecule has 1 spiro atoms. The lowest BCUT2D eigenvalue weighted by molar-refractivity contribution is -0.228. The van der Waals surface area contributed by atoms with E-state index in [-0.39, 0.29) is 31.4 Å². The Balaban J connectivity index is 1.38. The second-order valence-electron chi connectivity index (χ2n) is 18.5. The lowest BCUT2D eigenvalue weighted by Gasteiger charge is -2.63. The molecule has 9 rings (SSSR count). The van der Waals surface area contributed by atoms with Crippen LogP contribution in [0, 0.1) is 11.3 Å². The van der Waals surface area contributed by atoms with Crippen molar-refractivity contribution < 1.29 is 48.0 Å². The Morgan fingerprint density at radius 3 is 2.44 bits per heavy atom. The van der Waals surface area contributed by atoms with Crippen LogP contribution in [0.5, 0.6) is 5.75 Å². The molecule has 64 heavy (non-hydrogen) atoms. The van der Waals surface area contributed by atoms with Crippen molar-refractivity contribution in [2.75, 3.05) is 66.1 Å². The van der Waals surface area contributed by atoms with E-state index in [1.807, 2.05) is 67.6 Å². The van der Waals surface area contributed by atoms with Gasteiger partial charge in [-0.3, -0.25) is 14.5 Å². The van der Waals surface area contributed by atoms with Gasteiger partial charge in [-0.15, -0.1) is 0 Å². The zero-order valence-electron chi connectivity index (χ0n) is 38.1. The average Bonchev–Trinajstić information content (AvgIpc) is 3.95. The number of hydrogen-bond donors (Lipinski definition) is 2. The maximum atomic E-state index is 15.6. The number of H-pyrrole nitrogens is 1. The van der Waals surface area contributed by atoms with Crippen molar-refractivity contribution in [1.82, 2.24) is 14.8 Å². The number of carbonyl (C=O) groups excluding carboxylic acids is 4. The first-order valence-corrected chi connectivity index (χ1v) is 22.6. The van der Waals surface area contributed by atoms with Gasteiger partial charge >= 0.3 is 23.9 Å². The van der Waals surface area contributed by atoms with Crippen LogP contribution in [-0.2, 0) is 55.4 Å². The second kappa shape index (κ2) is 15.8. The van der Waals surface area contributed by atoms with E-state index in [2.05, 4.69) is 33.8 Å². The predicted octanol–water partition coefficient (Wildman–Crippen LogP) is 5.24. The number of methoxy groups -OCH3 is 3. The van der Waals surface area contributed by atoms with Gasteiger partial charge < -0.3 is 43.6 Å². The van der Waals surface area contributed by atoms with Crippen molar-refractivity contribution >= 4 is 40.5 Å². The molecule has 8 atom stereocenters. The number of benzene rings is 2. The first kappa shape index (κ1) is 43.6. The maximum absolute atomic E-state index is 15.6. The van der Waals surface area contributed by atoms with Crippen LogP contribution in [0.2, 0.25) is 0 Å². The Labute approximate surface area is 374 Å². The highest BCUT2D eigenvalue weighted by Crippen LogP contribution is 2.68. The number of nitrogens with zero attached hydrogens (tertiary/aromatic N) is 3. The van der Waals surface area contributed by atoms with Gasteiger partial charge in [-0.1, -0.05) is 55.8 Å². The maximum Gasteiger partial charge on any atom is 0.344 e. The fraction of sp³-hybridized carbons (Fsp3) is 0.520. The minimum Gasteiger partial charge on any atom is -0.496 e. The smallest absolute Gasteiger partial charge is 0.344 e. The van der Waals surface area contributed by atoms with E-state index >= 15 is 4.79 Å². The minimum absolute atomic E-state index is 0.164. The molecule has 6 aliphatic rings. The number of likely N-dealkylation sites (N-methyl/N-ethyl adjacent to an activating group) is 1. The summed E-state index contributed by atoms with van der Waals surface area (Å²) in [6.45, 7) is 9.81. The molecule has 0 radical (unpaired) electrons. The minimum atomic E-state index is -2.34. The molecule has 2 bridgehead atoms. The van der Waals surface area contributed by atoms with E-state index in [0.29, 0.717) is 67.3 Å². The summed E-state index contributed by atoms with van der Waals surface area (Å²) in [5.41, 5.74) is -0.0123. The monoisotopic (exact) mass is 876 g/mol. The first-order valence-electron chi connectivity index (χ1n) is 22.6. The largest absolute Gasteiger partial charge is 0.496 e. The molecule has 6 heterocycles. The zero-order chi connectivity index (χ0) is 45.5. The number of fused-ring (bicyclic) bond motifs is 6. The molecule has 1 saturated heterocycles. The highest BCUT2D eigenvalue weighted by atomic mass is 16.6.